The highest BCUT2D eigenvalue weighted by atomic mass is 32.2. The van der Waals surface area contributed by atoms with Crippen LogP contribution in [0.1, 0.15) is 26.3 Å². The van der Waals surface area contributed by atoms with E-state index in [0.29, 0.717) is 6.42 Å². The lowest BCUT2D eigenvalue weighted by Crippen LogP contribution is -2.47. The number of nitrogens with two attached hydrogens (primary N) is 1. The number of aliphatic carboxylic acids is 1. The van der Waals surface area contributed by atoms with Gasteiger partial charge in [-0.2, -0.15) is 11.8 Å². The van der Waals surface area contributed by atoms with Gasteiger partial charge >= 0.3 is 12.1 Å². The lowest BCUT2D eigenvalue weighted by atomic mass is 10.0. The smallest absolute Gasteiger partial charge is 0.407 e. The van der Waals surface area contributed by atoms with Gasteiger partial charge in [-0.1, -0.05) is 30.3 Å². The normalized spacial score (nSPS) is 15.0. The van der Waals surface area contributed by atoms with E-state index in [9.17, 15) is 14.7 Å². The van der Waals surface area contributed by atoms with E-state index < -0.39 is 35.9 Å². The first-order valence-corrected chi connectivity index (χ1v) is 9.51. The second kappa shape index (κ2) is 10.4. The molecule has 0 aliphatic rings. The van der Waals surface area contributed by atoms with Crippen LogP contribution in [0.25, 0.3) is 0 Å². The Kier molecular flexibility index (Phi) is 8.91. The van der Waals surface area contributed by atoms with Gasteiger partial charge in [-0.25, -0.2) is 4.79 Å². The number of ether oxygens (including phenoxy) is 1. The van der Waals surface area contributed by atoms with E-state index in [1.165, 1.54) is 11.8 Å². The molecule has 7 nitrogen and oxygen atoms in total. The molecule has 1 rings (SSSR count). The maximum absolute atomic E-state index is 12.1. The fourth-order valence-electron chi connectivity index (χ4n) is 2.11. The van der Waals surface area contributed by atoms with Gasteiger partial charge in [0, 0.05) is 11.5 Å². The van der Waals surface area contributed by atoms with Crippen molar-refractivity contribution in [2.75, 3.05) is 11.5 Å². The van der Waals surface area contributed by atoms with Crippen molar-refractivity contribution in [1.82, 2.24) is 5.32 Å². The predicted molar refractivity (Wildman–Crippen MR) is 102 cm³/mol. The van der Waals surface area contributed by atoms with E-state index in [4.69, 9.17) is 15.6 Å². The van der Waals surface area contributed by atoms with E-state index >= 15 is 0 Å². The second-order valence-corrected chi connectivity index (χ2v) is 8.07. The molecule has 26 heavy (non-hydrogen) atoms. The highest BCUT2D eigenvalue weighted by Gasteiger charge is 2.25. The van der Waals surface area contributed by atoms with Crippen LogP contribution in [0.2, 0.25) is 0 Å². The number of carbonyl (C=O) groups is 2. The first-order chi connectivity index (χ1) is 12.1. The molecule has 0 aliphatic carbocycles. The number of nitrogens with one attached hydrogen (secondary N) is 1. The molecule has 0 aromatic heterocycles. The Hall–Kier alpha value is -1.77. The summed E-state index contributed by atoms with van der Waals surface area (Å²) >= 11 is 1.23. The monoisotopic (exact) mass is 384 g/mol. The number of benzene rings is 1. The number of carboxylic acids is 1. The molecule has 1 aromatic carbocycles. The standard InChI is InChI=1S/C18H28N2O5S/c1-18(2,3)25-17(24)20-14(9-12-7-5-4-6-8-12)15(21)11-26-10-13(19)16(22)23/h4-8,13-15,21H,9-11,19H2,1-3H3,(H,20,24)(H,22,23)/t13-,14?,15?/m0/s1. The summed E-state index contributed by atoms with van der Waals surface area (Å²) in [5.74, 6) is -0.662. The molecule has 0 bridgehead atoms. The van der Waals surface area contributed by atoms with Crippen molar-refractivity contribution in [1.29, 1.82) is 0 Å². The summed E-state index contributed by atoms with van der Waals surface area (Å²) in [5.41, 5.74) is 5.78. The zero-order chi connectivity index (χ0) is 19.7. The van der Waals surface area contributed by atoms with Crippen molar-refractivity contribution in [3.05, 3.63) is 35.9 Å². The molecule has 3 atom stereocenters. The molecule has 0 saturated heterocycles. The summed E-state index contributed by atoms with van der Waals surface area (Å²) in [4.78, 5) is 22.8. The van der Waals surface area contributed by atoms with Crippen LogP contribution in [0, 0.1) is 0 Å². The lowest BCUT2D eigenvalue weighted by Gasteiger charge is -2.27. The largest absolute Gasteiger partial charge is 0.480 e. The fourth-order valence-corrected chi connectivity index (χ4v) is 3.12. The van der Waals surface area contributed by atoms with Crippen LogP contribution in [0.15, 0.2) is 30.3 Å². The molecule has 0 fully saturated rings. The van der Waals surface area contributed by atoms with Gasteiger partial charge in [-0.15, -0.1) is 0 Å². The number of hydrogen-bond acceptors (Lipinski definition) is 6. The molecule has 1 amide bonds. The zero-order valence-corrected chi connectivity index (χ0v) is 16.2. The SMILES string of the molecule is CC(C)(C)OC(=O)NC(Cc1ccccc1)C(O)CSC[C@H](N)C(=O)O. The number of hydrogen-bond donors (Lipinski definition) is 4. The minimum atomic E-state index is -1.08. The third-order valence-corrected chi connectivity index (χ3v) is 4.54. The molecule has 5 N–H and O–H groups in total. The summed E-state index contributed by atoms with van der Waals surface area (Å²) in [6.45, 7) is 5.29. The Balaban J connectivity index is 2.69. The highest BCUT2D eigenvalue weighted by Crippen LogP contribution is 2.13. The van der Waals surface area contributed by atoms with Crippen LogP contribution < -0.4 is 11.1 Å². The number of thioether (sulfide) groups is 1. The van der Waals surface area contributed by atoms with Crippen LogP contribution >= 0.6 is 11.8 Å². The Morgan fingerprint density at radius 2 is 1.85 bits per heavy atom. The Morgan fingerprint density at radius 1 is 1.23 bits per heavy atom. The number of carbonyl (C=O) groups excluding carboxylic acids is 1. The topological polar surface area (TPSA) is 122 Å². The summed E-state index contributed by atoms with van der Waals surface area (Å²) in [6.07, 6.45) is -1.06. The minimum absolute atomic E-state index is 0.177. The molecule has 0 spiro atoms. The van der Waals surface area contributed by atoms with E-state index in [2.05, 4.69) is 5.32 Å². The predicted octanol–water partition coefficient (Wildman–Crippen LogP) is 1.63. The van der Waals surface area contributed by atoms with E-state index in [1.807, 2.05) is 30.3 Å². The van der Waals surface area contributed by atoms with Crippen LogP contribution in [-0.2, 0) is 16.0 Å². The van der Waals surface area contributed by atoms with Crippen LogP contribution in [0.3, 0.4) is 0 Å². The van der Waals surface area contributed by atoms with Gasteiger partial charge in [0.05, 0.1) is 12.1 Å². The maximum Gasteiger partial charge on any atom is 0.407 e. The number of amides is 1. The number of aliphatic hydroxyl groups is 1. The molecule has 0 heterocycles. The first kappa shape index (κ1) is 22.3. The third kappa shape index (κ3) is 9.07. The summed E-state index contributed by atoms with van der Waals surface area (Å²) < 4.78 is 5.26. The van der Waals surface area contributed by atoms with Crippen LogP contribution in [0.4, 0.5) is 4.79 Å². The van der Waals surface area contributed by atoms with Gasteiger partial charge in [0.25, 0.3) is 0 Å². The Bertz CT molecular complexity index is 577. The fraction of sp³-hybridized carbons (Fsp3) is 0.556. The Labute approximate surface area is 158 Å². The molecule has 0 radical (unpaired) electrons. The molecule has 146 valence electrons. The van der Waals surface area contributed by atoms with E-state index in [-0.39, 0.29) is 11.5 Å². The quantitative estimate of drug-likeness (QED) is 0.510. The van der Waals surface area contributed by atoms with Crippen molar-refractivity contribution in [2.45, 2.75) is 51.0 Å². The van der Waals surface area contributed by atoms with Crippen molar-refractivity contribution in [3.63, 3.8) is 0 Å². The van der Waals surface area contributed by atoms with E-state index in [0.717, 1.165) is 5.56 Å². The van der Waals surface area contributed by atoms with Gasteiger partial charge in [0.15, 0.2) is 0 Å². The van der Waals surface area contributed by atoms with Crippen LogP contribution in [-0.4, -0.2) is 57.6 Å². The van der Waals surface area contributed by atoms with E-state index in [1.54, 1.807) is 20.8 Å². The number of carboxylic acid groups (broad SMARTS) is 1. The molecular formula is C18H28N2O5S. The van der Waals surface area contributed by atoms with Crippen molar-refractivity contribution >= 4 is 23.8 Å². The molecule has 0 saturated carbocycles. The molecule has 2 unspecified atom stereocenters. The van der Waals surface area contributed by atoms with Gasteiger partial charge in [0.1, 0.15) is 11.6 Å². The number of alkyl carbamates (subject to hydrolysis) is 1. The molecular weight excluding hydrogens is 356 g/mol. The maximum atomic E-state index is 12.1. The van der Waals surface area contributed by atoms with Crippen LogP contribution in [0.5, 0.6) is 0 Å². The molecule has 0 aliphatic heterocycles. The number of rotatable bonds is 9. The van der Waals surface area contributed by atoms with Gasteiger partial charge in [-0.3, -0.25) is 4.79 Å². The van der Waals surface area contributed by atoms with Crippen molar-refractivity contribution in [3.8, 4) is 0 Å². The minimum Gasteiger partial charge on any atom is -0.480 e. The summed E-state index contributed by atoms with van der Waals surface area (Å²) in [6, 6.07) is 7.91. The number of aliphatic hydroxyl groups excluding tert-OH is 1. The second-order valence-electron chi connectivity index (χ2n) is 6.99. The van der Waals surface area contributed by atoms with Crippen molar-refractivity contribution < 1.29 is 24.5 Å². The zero-order valence-electron chi connectivity index (χ0n) is 15.3. The van der Waals surface area contributed by atoms with Crippen molar-refractivity contribution in [2.24, 2.45) is 5.73 Å². The lowest BCUT2D eigenvalue weighted by molar-refractivity contribution is -0.137. The summed E-state index contributed by atoms with van der Waals surface area (Å²) in [5, 5.41) is 22.0. The third-order valence-electron chi connectivity index (χ3n) is 3.37. The summed E-state index contributed by atoms with van der Waals surface area (Å²) in [7, 11) is 0. The molecule has 1 aromatic rings. The van der Waals surface area contributed by atoms with Gasteiger partial charge < -0.3 is 26.0 Å². The first-order valence-electron chi connectivity index (χ1n) is 8.36. The Morgan fingerprint density at radius 3 is 2.38 bits per heavy atom. The molecule has 8 heteroatoms. The van der Waals surface area contributed by atoms with Gasteiger partial charge in [0.2, 0.25) is 0 Å². The highest BCUT2D eigenvalue weighted by molar-refractivity contribution is 7.99. The average molecular weight is 384 g/mol. The van der Waals surface area contributed by atoms with Gasteiger partial charge in [-0.05, 0) is 32.8 Å². The average Bonchev–Trinajstić information content (AvgIpc) is 2.53.